The summed E-state index contributed by atoms with van der Waals surface area (Å²) in [6.45, 7) is 0. The van der Waals surface area contributed by atoms with Gasteiger partial charge in [0.25, 0.3) is 0 Å². The van der Waals surface area contributed by atoms with Crippen LogP contribution in [0.5, 0.6) is 0 Å². The molecular weight excluding hydrogens is 224 g/mol. The van der Waals surface area contributed by atoms with Gasteiger partial charge >= 0.3 is 0 Å². The van der Waals surface area contributed by atoms with Crippen LogP contribution < -0.4 is 0 Å². The van der Waals surface area contributed by atoms with Gasteiger partial charge in [0.1, 0.15) is 5.82 Å². The highest BCUT2D eigenvalue weighted by Crippen LogP contribution is 2.30. The fourth-order valence-electron chi connectivity index (χ4n) is 0.852. The van der Waals surface area contributed by atoms with E-state index in [0.717, 1.165) is 15.2 Å². The van der Waals surface area contributed by atoms with Crippen molar-refractivity contribution in [3.63, 3.8) is 0 Å². The minimum atomic E-state index is 0.923. The lowest BCUT2D eigenvalue weighted by molar-refractivity contribution is 1.33. The second-order valence-electron chi connectivity index (χ2n) is 2.04. The van der Waals surface area contributed by atoms with Crippen LogP contribution in [-0.2, 0) is 0 Å². The van der Waals surface area contributed by atoms with Crippen LogP contribution in [-0.4, -0.2) is 9.97 Å². The smallest absolute Gasteiger partial charge is 0.148 e. The molecule has 2 heterocycles. The Kier molecular flexibility index (Phi) is 1.79. The number of nitrogens with one attached hydrogen (secondary N) is 1. The number of hydrogen-bond acceptors (Lipinski definition) is 2. The molecule has 2 nitrogen and oxygen atoms in total. The van der Waals surface area contributed by atoms with E-state index in [4.69, 9.17) is 0 Å². The number of nitrogens with zero attached hydrogens (tertiary/aromatic N) is 1. The number of halogens is 1. The molecule has 0 saturated carbocycles. The number of H-pyrrole nitrogens is 1. The average Bonchev–Trinajstić information content (AvgIpc) is 2.55. The van der Waals surface area contributed by atoms with Crippen LogP contribution >= 0.6 is 27.3 Å². The molecule has 0 amide bonds. The number of rotatable bonds is 1. The Morgan fingerprint density at radius 1 is 1.55 bits per heavy atom. The van der Waals surface area contributed by atoms with Gasteiger partial charge in [-0.15, -0.1) is 11.3 Å². The SMILES string of the molecule is Brc1ccsc1-c1ncc[nH]1. The summed E-state index contributed by atoms with van der Waals surface area (Å²) in [5.41, 5.74) is 0. The molecule has 0 unspecified atom stereocenters. The normalized spacial score (nSPS) is 10.3. The Labute approximate surface area is 76.4 Å². The Hall–Kier alpha value is -0.610. The molecule has 2 aromatic heterocycles. The van der Waals surface area contributed by atoms with Gasteiger partial charge in [0.05, 0.1) is 4.88 Å². The molecule has 0 fully saturated rings. The van der Waals surface area contributed by atoms with E-state index >= 15 is 0 Å². The van der Waals surface area contributed by atoms with Crippen LogP contribution in [0, 0.1) is 0 Å². The van der Waals surface area contributed by atoms with Crippen LogP contribution in [0.4, 0.5) is 0 Å². The first-order valence-electron chi connectivity index (χ1n) is 3.10. The van der Waals surface area contributed by atoms with Gasteiger partial charge in [-0.25, -0.2) is 4.98 Å². The van der Waals surface area contributed by atoms with Crippen LogP contribution in [0.3, 0.4) is 0 Å². The van der Waals surface area contributed by atoms with Crippen LogP contribution in [0.15, 0.2) is 28.3 Å². The van der Waals surface area contributed by atoms with E-state index in [1.165, 1.54) is 0 Å². The molecule has 1 N–H and O–H groups in total. The molecule has 0 bridgehead atoms. The Bertz CT molecular complexity index is 339. The minimum absolute atomic E-state index is 0.923. The third kappa shape index (κ3) is 1.23. The van der Waals surface area contributed by atoms with Crippen molar-refractivity contribution in [2.45, 2.75) is 0 Å². The fraction of sp³-hybridized carbons (Fsp3) is 0. The summed E-state index contributed by atoms with van der Waals surface area (Å²) in [6, 6.07) is 2.02. The van der Waals surface area contributed by atoms with E-state index < -0.39 is 0 Å². The van der Waals surface area contributed by atoms with Gasteiger partial charge in [-0.05, 0) is 27.4 Å². The third-order valence-corrected chi connectivity index (χ3v) is 3.17. The molecule has 56 valence electrons. The van der Waals surface area contributed by atoms with E-state index in [9.17, 15) is 0 Å². The molecule has 11 heavy (non-hydrogen) atoms. The molecule has 0 aliphatic carbocycles. The topological polar surface area (TPSA) is 28.7 Å². The molecule has 0 saturated heterocycles. The van der Waals surface area contributed by atoms with Crippen LogP contribution in [0.2, 0.25) is 0 Å². The van der Waals surface area contributed by atoms with Gasteiger partial charge in [0.2, 0.25) is 0 Å². The minimum Gasteiger partial charge on any atom is -0.344 e. The number of aromatic nitrogens is 2. The summed E-state index contributed by atoms with van der Waals surface area (Å²) in [7, 11) is 0. The first kappa shape index (κ1) is 7.06. The maximum Gasteiger partial charge on any atom is 0.148 e. The fourth-order valence-corrected chi connectivity index (χ4v) is 2.37. The van der Waals surface area contributed by atoms with E-state index in [-0.39, 0.29) is 0 Å². The lowest BCUT2D eigenvalue weighted by Gasteiger charge is -1.89. The molecule has 2 rings (SSSR count). The van der Waals surface area contributed by atoms with Gasteiger partial charge in [-0.2, -0.15) is 0 Å². The lowest BCUT2D eigenvalue weighted by Crippen LogP contribution is -1.73. The van der Waals surface area contributed by atoms with Gasteiger partial charge in [0.15, 0.2) is 0 Å². The summed E-state index contributed by atoms with van der Waals surface area (Å²) in [5, 5.41) is 2.03. The zero-order chi connectivity index (χ0) is 7.68. The predicted molar refractivity (Wildman–Crippen MR) is 49.6 cm³/mol. The van der Waals surface area contributed by atoms with E-state index in [1.807, 2.05) is 17.6 Å². The summed E-state index contributed by atoms with van der Waals surface area (Å²) in [4.78, 5) is 8.34. The molecule has 2 aromatic rings. The van der Waals surface area contributed by atoms with E-state index in [2.05, 4.69) is 25.9 Å². The first-order chi connectivity index (χ1) is 5.38. The molecule has 0 aromatic carbocycles. The monoisotopic (exact) mass is 228 g/mol. The second-order valence-corrected chi connectivity index (χ2v) is 3.81. The Balaban J connectivity index is 2.53. The molecular formula is C7H5BrN2S. The van der Waals surface area contributed by atoms with E-state index in [0.29, 0.717) is 0 Å². The highest BCUT2D eigenvalue weighted by molar-refractivity contribution is 9.10. The molecule has 4 heteroatoms. The Morgan fingerprint density at radius 2 is 2.45 bits per heavy atom. The van der Waals surface area contributed by atoms with Crippen molar-refractivity contribution in [2.75, 3.05) is 0 Å². The zero-order valence-electron chi connectivity index (χ0n) is 5.54. The van der Waals surface area contributed by atoms with Crippen molar-refractivity contribution in [1.29, 1.82) is 0 Å². The molecule has 0 spiro atoms. The quantitative estimate of drug-likeness (QED) is 0.800. The summed E-state index contributed by atoms with van der Waals surface area (Å²) < 4.78 is 1.09. The maximum atomic E-state index is 4.14. The van der Waals surface area contributed by atoms with Crippen LogP contribution in [0.1, 0.15) is 0 Å². The highest BCUT2D eigenvalue weighted by atomic mass is 79.9. The predicted octanol–water partition coefficient (Wildman–Crippen LogP) is 2.90. The largest absolute Gasteiger partial charge is 0.344 e. The average molecular weight is 229 g/mol. The molecule has 0 atom stereocenters. The van der Waals surface area contributed by atoms with Crippen molar-refractivity contribution in [2.24, 2.45) is 0 Å². The third-order valence-electron chi connectivity index (χ3n) is 1.33. The summed E-state index contributed by atoms with van der Waals surface area (Å²) >= 11 is 5.10. The summed E-state index contributed by atoms with van der Waals surface area (Å²) in [5.74, 6) is 0.923. The van der Waals surface area contributed by atoms with E-state index in [1.54, 1.807) is 17.5 Å². The Morgan fingerprint density at radius 3 is 3.00 bits per heavy atom. The van der Waals surface area contributed by atoms with Gasteiger partial charge < -0.3 is 4.98 Å². The van der Waals surface area contributed by atoms with Crippen molar-refractivity contribution in [1.82, 2.24) is 9.97 Å². The van der Waals surface area contributed by atoms with Crippen molar-refractivity contribution in [3.8, 4) is 10.7 Å². The number of thiophene rings is 1. The number of aromatic amines is 1. The van der Waals surface area contributed by atoms with Crippen LogP contribution in [0.25, 0.3) is 10.7 Å². The summed E-state index contributed by atoms with van der Waals surface area (Å²) in [6.07, 6.45) is 3.57. The highest BCUT2D eigenvalue weighted by Gasteiger charge is 2.04. The lowest BCUT2D eigenvalue weighted by atomic mass is 10.4. The van der Waals surface area contributed by atoms with Crippen molar-refractivity contribution >= 4 is 27.3 Å². The van der Waals surface area contributed by atoms with Gasteiger partial charge in [-0.1, -0.05) is 0 Å². The molecule has 0 aliphatic heterocycles. The van der Waals surface area contributed by atoms with Crippen molar-refractivity contribution < 1.29 is 0 Å². The molecule has 0 aliphatic rings. The standard InChI is InChI=1S/C7H5BrN2S/c8-5-1-4-11-6(5)7-9-2-3-10-7/h1-4H,(H,9,10). The second kappa shape index (κ2) is 2.79. The van der Waals surface area contributed by atoms with Gasteiger partial charge in [0, 0.05) is 16.9 Å². The van der Waals surface area contributed by atoms with Crippen molar-refractivity contribution in [3.05, 3.63) is 28.3 Å². The van der Waals surface area contributed by atoms with Gasteiger partial charge in [-0.3, -0.25) is 0 Å². The maximum absolute atomic E-state index is 4.14. The first-order valence-corrected chi connectivity index (χ1v) is 4.78. The number of hydrogen-bond donors (Lipinski definition) is 1. The molecule has 0 radical (unpaired) electrons. The number of imidazole rings is 1. The zero-order valence-corrected chi connectivity index (χ0v) is 7.95.